The van der Waals surface area contributed by atoms with E-state index >= 15 is 0 Å². The van der Waals surface area contributed by atoms with Crippen molar-refractivity contribution < 1.29 is 9.53 Å². The van der Waals surface area contributed by atoms with Crippen LogP contribution < -0.4 is 15.5 Å². The first-order chi connectivity index (χ1) is 14.0. The van der Waals surface area contributed by atoms with E-state index in [-0.39, 0.29) is 23.6 Å². The van der Waals surface area contributed by atoms with Gasteiger partial charge in [0.1, 0.15) is 6.54 Å². The highest BCUT2D eigenvalue weighted by molar-refractivity contribution is 6.31. The summed E-state index contributed by atoms with van der Waals surface area (Å²) in [6.45, 7) is 4.66. The van der Waals surface area contributed by atoms with E-state index in [1.165, 1.54) is 20.0 Å². The van der Waals surface area contributed by atoms with Crippen molar-refractivity contribution in [3.05, 3.63) is 57.0 Å². The predicted molar refractivity (Wildman–Crippen MR) is 116 cm³/mol. The number of likely N-dealkylation sites (tertiary alicyclic amines) is 1. The van der Waals surface area contributed by atoms with E-state index in [0.717, 1.165) is 37.2 Å². The lowest BCUT2D eigenvalue weighted by molar-refractivity contribution is -0.116. The van der Waals surface area contributed by atoms with Crippen molar-refractivity contribution in [1.82, 2.24) is 9.47 Å². The number of aryl methyl sites for hydroxylation is 1. The van der Waals surface area contributed by atoms with E-state index in [4.69, 9.17) is 16.3 Å². The number of pyridine rings is 1. The van der Waals surface area contributed by atoms with Gasteiger partial charge in [0.15, 0.2) is 5.75 Å². The highest BCUT2D eigenvalue weighted by Crippen LogP contribution is 2.20. The zero-order chi connectivity index (χ0) is 20.8. The number of benzene rings is 1. The number of carbonyl (C=O) groups excluding carboxylic acids is 1. The van der Waals surface area contributed by atoms with Crippen molar-refractivity contribution in [2.75, 3.05) is 25.5 Å². The minimum atomic E-state index is -0.187. The second-order valence-electron chi connectivity index (χ2n) is 7.53. The van der Waals surface area contributed by atoms with E-state index in [9.17, 15) is 9.59 Å². The number of carbonyl (C=O) groups is 1. The number of aromatic nitrogens is 1. The number of nitrogens with one attached hydrogen (secondary N) is 1. The topological polar surface area (TPSA) is 63.6 Å². The van der Waals surface area contributed by atoms with Gasteiger partial charge >= 0.3 is 0 Å². The highest BCUT2D eigenvalue weighted by Gasteiger charge is 2.15. The summed E-state index contributed by atoms with van der Waals surface area (Å²) >= 11 is 6.15. The molecule has 0 radical (unpaired) electrons. The molecule has 0 aliphatic carbocycles. The minimum Gasteiger partial charge on any atom is -0.491 e. The van der Waals surface area contributed by atoms with Crippen molar-refractivity contribution in [3.8, 4) is 5.75 Å². The van der Waals surface area contributed by atoms with Gasteiger partial charge in [0.25, 0.3) is 0 Å². The number of rotatable bonds is 6. The van der Waals surface area contributed by atoms with E-state index in [2.05, 4.69) is 10.2 Å². The molecule has 1 aromatic carbocycles. The van der Waals surface area contributed by atoms with E-state index < -0.39 is 0 Å². The number of methoxy groups -OCH3 is 1. The van der Waals surface area contributed by atoms with Crippen LogP contribution >= 0.6 is 11.6 Å². The number of amides is 1. The fraction of sp³-hybridized carbons (Fsp3) is 0.455. The molecule has 0 atom stereocenters. The second-order valence-corrected chi connectivity index (χ2v) is 7.94. The van der Waals surface area contributed by atoms with Crippen molar-refractivity contribution in [2.24, 2.45) is 0 Å². The van der Waals surface area contributed by atoms with Crippen molar-refractivity contribution in [1.29, 1.82) is 0 Å². The third-order valence-corrected chi connectivity index (χ3v) is 5.66. The van der Waals surface area contributed by atoms with Crippen LogP contribution in [0, 0.1) is 6.92 Å². The molecule has 7 heteroatoms. The van der Waals surface area contributed by atoms with Gasteiger partial charge in [0, 0.05) is 29.0 Å². The second kappa shape index (κ2) is 9.94. The van der Waals surface area contributed by atoms with Gasteiger partial charge in [-0.3, -0.25) is 14.5 Å². The Morgan fingerprint density at radius 3 is 2.55 bits per heavy atom. The van der Waals surface area contributed by atoms with Crippen molar-refractivity contribution in [3.63, 3.8) is 0 Å². The van der Waals surface area contributed by atoms with Crippen molar-refractivity contribution in [2.45, 2.75) is 45.7 Å². The van der Waals surface area contributed by atoms with Crippen LogP contribution in [0.2, 0.25) is 5.02 Å². The van der Waals surface area contributed by atoms with Crippen LogP contribution in [0.4, 0.5) is 5.69 Å². The van der Waals surface area contributed by atoms with Crippen LogP contribution in [0.15, 0.2) is 35.3 Å². The van der Waals surface area contributed by atoms with Gasteiger partial charge in [0.05, 0.1) is 13.3 Å². The van der Waals surface area contributed by atoms with Gasteiger partial charge in [-0.25, -0.2) is 0 Å². The molecule has 6 nitrogen and oxygen atoms in total. The average molecular weight is 418 g/mol. The van der Waals surface area contributed by atoms with Crippen LogP contribution in [0.5, 0.6) is 5.75 Å². The third-order valence-electron chi connectivity index (χ3n) is 5.26. The number of halogens is 1. The fourth-order valence-corrected chi connectivity index (χ4v) is 3.76. The standard InChI is InChI=1S/C22H28ClN3O3/c1-16-7-8-17(11-19(16)23)24-22(28)15-26-14-21(29-2)20(27)12-18(26)13-25-9-5-3-4-6-10-25/h7-8,11-12,14H,3-6,9-10,13,15H2,1-2H3,(H,24,28). The molecule has 1 aliphatic rings. The molecule has 0 spiro atoms. The maximum atomic E-state index is 12.7. The maximum absolute atomic E-state index is 12.7. The lowest BCUT2D eigenvalue weighted by atomic mass is 10.2. The molecule has 0 unspecified atom stereocenters. The molecule has 1 amide bonds. The van der Waals surface area contributed by atoms with Crippen LogP contribution in [-0.2, 0) is 17.9 Å². The monoisotopic (exact) mass is 417 g/mol. The molecule has 1 fully saturated rings. The number of nitrogens with zero attached hydrogens (tertiary/aromatic N) is 2. The van der Waals surface area contributed by atoms with Crippen molar-refractivity contribution >= 4 is 23.2 Å². The molecule has 156 valence electrons. The quantitative estimate of drug-likeness (QED) is 0.775. The van der Waals surface area contributed by atoms with E-state index in [1.807, 2.05) is 19.1 Å². The number of hydrogen-bond acceptors (Lipinski definition) is 4. The van der Waals surface area contributed by atoms with Gasteiger partial charge in [-0.05, 0) is 50.6 Å². The van der Waals surface area contributed by atoms with Crippen LogP contribution in [0.3, 0.4) is 0 Å². The minimum absolute atomic E-state index is 0.0886. The van der Waals surface area contributed by atoms with Gasteiger partial charge < -0.3 is 14.6 Å². The molecular weight excluding hydrogens is 390 g/mol. The summed E-state index contributed by atoms with van der Waals surface area (Å²) in [5.41, 5.74) is 2.25. The largest absolute Gasteiger partial charge is 0.491 e. The number of ether oxygens (including phenoxy) is 1. The van der Waals surface area contributed by atoms with Gasteiger partial charge in [-0.2, -0.15) is 0 Å². The van der Waals surface area contributed by atoms with Gasteiger partial charge in [-0.1, -0.05) is 30.5 Å². The third kappa shape index (κ3) is 5.84. The summed E-state index contributed by atoms with van der Waals surface area (Å²) in [6.07, 6.45) is 6.43. The van der Waals surface area contributed by atoms with E-state index in [0.29, 0.717) is 17.3 Å². The summed E-state index contributed by atoms with van der Waals surface area (Å²) in [5, 5.41) is 3.48. The Morgan fingerprint density at radius 2 is 1.90 bits per heavy atom. The van der Waals surface area contributed by atoms with Gasteiger partial charge in [-0.15, -0.1) is 0 Å². The predicted octanol–water partition coefficient (Wildman–Crippen LogP) is 3.83. The summed E-state index contributed by atoms with van der Waals surface area (Å²) in [5.74, 6) is 0.0449. The molecule has 0 bridgehead atoms. The van der Waals surface area contributed by atoms with Gasteiger partial charge in [0.2, 0.25) is 11.3 Å². The average Bonchev–Trinajstić information content (AvgIpc) is 2.95. The SMILES string of the molecule is COc1cn(CC(=O)Nc2ccc(C)c(Cl)c2)c(CN2CCCCCC2)cc1=O. The zero-order valence-electron chi connectivity index (χ0n) is 17.0. The van der Waals surface area contributed by atoms with Crippen LogP contribution in [-0.4, -0.2) is 35.6 Å². The first-order valence-electron chi connectivity index (χ1n) is 10.0. The lowest BCUT2D eigenvalue weighted by Crippen LogP contribution is -2.29. The molecule has 2 heterocycles. The fourth-order valence-electron chi connectivity index (χ4n) is 3.58. The summed E-state index contributed by atoms with van der Waals surface area (Å²) in [6, 6.07) is 7.01. The Labute approximate surface area is 176 Å². The molecule has 1 saturated heterocycles. The van der Waals surface area contributed by atoms with E-state index in [1.54, 1.807) is 22.9 Å². The Morgan fingerprint density at radius 1 is 1.17 bits per heavy atom. The Hall–Kier alpha value is -2.31. The molecule has 2 aromatic rings. The summed E-state index contributed by atoms with van der Waals surface area (Å²) in [7, 11) is 1.46. The Bertz CT molecular complexity index is 918. The first kappa shape index (κ1) is 21.4. The molecule has 1 aliphatic heterocycles. The molecule has 1 N–H and O–H groups in total. The van der Waals surface area contributed by atoms with Crippen LogP contribution in [0.25, 0.3) is 0 Å². The summed E-state index contributed by atoms with van der Waals surface area (Å²) < 4.78 is 6.99. The number of hydrogen-bond donors (Lipinski definition) is 1. The molecule has 0 saturated carbocycles. The molecular formula is C22H28ClN3O3. The highest BCUT2D eigenvalue weighted by atomic mass is 35.5. The molecule has 3 rings (SSSR count). The summed E-state index contributed by atoms with van der Waals surface area (Å²) in [4.78, 5) is 27.3. The van der Waals surface area contributed by atoms with Crippen LogP contribution in [0.1, 0.15) is 36.9 Å². The number of anilines is 1. The zero-order valence-corrected chi connectivity index (χ0v) is 17.8. The normalized spacial score (nSPS) is 15.0. The smallest absolute Gasteiger partial charge is 0.244 e. The Balaban J connectivity index is 1.79. The Kier molecular flexibility index (Phi) is 7.34. The first-order valence-corrected chi connectivity index (χ1v) is 10.4. The molecule has 29 heavy (non-hydrogen) atoms. The molecule has 1 aromatic heterocycles. The maximum Gasteiger partial charge on any atom is 0.244 e. The lowest BCUT2D eigenvalue weighted by Gasteiger charge is -2.23.